The van der Waals surface area contributed by atoms with Crippen molar-refractivity contribution in [3.8, 4) is 0 Å². The zero-order valence-electron chi connectivity index (χ0n) is 33.6. The van der Waals surface area contributed by atoms with Crippen LogP contribution >= 0.6 is 11.6 Å². The van der Waals surface area contributed by atoms with E-state index in [1.807, 2.05) is 52.0 Å². The molecule has 0 spiro atoms. The van der Waals surface area contributed by atoms with Crippen LogP contribution in [0.2, 0.25) is 0 Å². The third-order valence-electron chi connectivity index (χ3n) is 11.8. The Morgan fingerprint density at radius 3 is 1.97 bits per heavy atom. The Morgan fingerprint density at radius 1 is 0.738 bits per heavy atom. The van der Waals surface area contributed by atoms with E-state index >= 15 is 0 Å². The van der Waals surface area contributed by atoms with Gasteiger partial charge in [0.15, 0.2) is 12.3 Å². The molecule has 1 atom stereocenters. The predicted molar refractivity (Wildman–Crippen MR) is 235 cm³/mol. The van der Waals surface area contributed by atoms with E-state index in [0.29, 0.717) is 56.8 Å². The number of anilines is 1. The van der Waals surface area contributed by atoms with Crippen molar-refractivity contribution in [3.05, 3.63) is 118 Å². The summed E-state index contributed by atoms with van der Waals surface area (Å²) >= 11 is 7.14. The van der Waals surface area contributed by atoms with E-state index in [4.69, 9.17) is 11.6 Å². The summed E-state index contributed by atoms with van der Waals surface area (Å²) in [6, 6.07) is 15.7. The number of halogens is 1. The Labute approximate surface area is 361 Å². The SMILES string of the molecule is C=S(=O)([O-])c1ccc2c3c(ccc2c1)N(CCS(=O)(=O)[O-])/C(=C\C=C1/CCCC(/C=C/C2=[N+](CCS(=O)(=O)[O-])c4ccc5cc(S(=O)(=O)[O-])ccc5c4C2(C)C)=C1Cl)C3(C)C. The monoisotopic (exact) mass is 925 g/mol. The number of nitrogens with zero attached hydrogens (tertiary/aromatic N) is 2. The van der Waals surface area contributed by atoms with Gasteiger partial charge in [-0.15, -0.1) is 0 Å². The van der Waals surface area contributed by atoms with E-state index in [2.05, 4.69) is 5.87 Å². The second-order valence-electron chi connectivity index (χ2n) is 16.5. The van der Waals surface area contributed by atoms with Crippen molar-refractivity contribution in [1.29, 1.82) is 0 Å². The normalized spacial score (nSPS) is 20.4. The molecule has 4 aromatic carbocycles. The molecule has 0 N–H and O–H groups in total. The number of rotatable bonds is 11. The topological polar surface area (TPSA) is 218 Å². The van der Waals surface area contributed by atoms with Crippen molar-refractivity contribution in [3.63, 3.8) is 0 Å². The first-order valence-electron chi connectivity index (χ1n) is 19.1. The first-order chi connectivity index (χ1) is 28.2. The number of hydrogen-bond acceptors (Lipinski definition) is 12. The Balaban J connectivity index is 1.29. The quantitative estimate of drug-likeness (QED) is 0.0906. The van der Waals surface area contributed by atoms with Crippen molar-refractivity contribution < 1.29 is 52.2 Å². The maximum Gasteiger partial charge on any atom is 0.210 e. The van der Waals surface area contributed by atoms with E-state index in [0.717, 1.165) is 34.1 Å². The van der Waals surface area contributed by atoms with Crippen LogP contribution in [0.5, 0.6) is 0 Å². The van der Waals surface area contributed by atoms with Gasteiger partial charge in [-0.2, -0.15) is 4.58 Å². The van der Waals surface area contributed by atoms with E-state index in [9.17, 15) is 47.7 Å². The van der Waals surface area contributed by atoms with Crippen molar-refractivity contribution in [2.24, 2.45) is 0 Å². The molecule has 0 bridgehead atoms. The zero-order chi connectivity index (χ0) is 44.7. The van der Waals surface area contributed by atoms with Crippen LogP contribution < -0.4 is 4.90 Å². The van der Waals surface area contributed by atoms with Gasteiger partial charge in [-0.05, 0) is 114 Å². The van der Waals surface area contributed by atoms with Gasteiger partial charge >= 0.3 is 0 Å². The lowest BCUT2D eigenvalue weighted by Crippen LogP contribution is -2.30. The molecular formula is C43H42ClN2O11S4-3. The van der Waals surface area contributed by atoms with Gasteiger partial charge in [-0.1, -0.05) is 71.5 Å². The van der Waals surface area contributed by atoms with Gasteiger partial charge in [-0.25, -0.2) is 25.3 Å². The van der Waals surface area contributed by atoms with Crippen molar-refractivity contribution >= 4 is 96.3 Å². The maximum absolute atomic E-state index is 12.2. The third-order valence-corrected chi connectivity index (χ3v) is 15.4. The molecule has 13 nitrogen and oxygen atoms in total. The maximum atomic E-state index is 12.2. The van der Waals surface area contributed by atoms with Crippen molar-refractivity contribution in [2.75, 3.05) is 29.5 Å². The molecule has 3 aliphatic rings. The summed E-state index contributed by atoms with van der Waals surface area (Å²) in [4.78, 5) is 1.47. The molecule has 4 aromatic rings. The second kappa shape index (κ2) is 15.6. The molecular weight excluding hydrogens is 884 g/mol. The van der Waals surface area contributed by atoms with Crippen LogP contribution in [0.25, 0.3) is 21.5 Å². The van der Waals surface area contributed by atoms with Crippen LogP contribution in [0.15, 0.2) is 117 Å². The van der Waals surface area contributed by atoms with Crippen molar-refractivity contribution in [2.45, 2.75) is 67.6 Å². The lowest BCUT2D eigenvalue weighted by molar-refractivity contribution is -0.432. The van der Waals surface area contributed by atoms with Gasteiger partial charge in [-0.3, -0.25) is 4.21 Å². The average Bonchev–Trinajstić information content (AvgIpc) is 3.51. The number of fused-ring (bicyclic) bond motifs is 6. The molecule has 0 saturated heterocycles. The summed E-state index contributed by atoms with van der Waals surface area (Å²) in [5.74, 6) is 1.94. The van der Waals surface area contributed by atoms with Crippen LogP contribution in [0.4, 0.5) is 11.4 Å². The Kier molecular flexibility index (Phi) is 11.5. The standard InChI is InChI=1S/C43H45ClN2O11S4/c1-42(2)37(45(21-23-59(49,50)51)35-17-9-29-25-31(58(5,47)48)13-15-33(29)39(35)42)19-11-27-7-6-8-28(41(27)44)12-20-38-43(3,4)40-34-16-14-32(61(55,56)57)26-30(34)10-18-36(40)46(38)22-24-60(52,53)54/h9-20,25-26H,5-8,21-24H2,1-4H3,(H3-,47,48,49,50,51,52,53,54,55,56,57)/p-3. The molecule has 2 aliphatic heterocycles. The number of allylic oxidation sites excluding steroid dienone is 8. The van der Waals surface area contributed by atoms with Crippen LogP contribution in [-0.4, -0.2) is 88.4 Å². The summed E-state index contributed by atoms with van der Waals surface area (Å²) < 4.78 is 133. The molecule has 18 heteroatoms. The van der Waals surface area contributed by atoms with E-state index in [1.54, 1.807) is 51.9 Å². The first-order valence-corrected chi connectivity index (χ1v) is 25.7. The highest BCUT2D eigenvalue weighted by Crippen LogP contribution is 2.51. The van der Waals surface area contributed by atoms with Gasteiger partial charge in [0.25, 0.3) is 0 Å². The minimum absolute atomic E-state index is 0.0556. The fourth-order valence-electron chi connectivity index (χ4n) is 8.95. The van der Waals surface area contributed by atoms with Gasteiger partial charge in [0.2, 0.25) is 5.69 Å². The van der Waals surface area contributed by atoms with Gasteiger partial charge in [0, 0.05) is 51.0 Å². The lowest BCUT2D eigenvalue weighted by atomic mass is 9.78. The Morgan fingerprint density at radius 2 is 1.34 bits per heavy atom. The highest BCUT2D eigenvalue weighted by molar-refractivity contribution is 7.95. The molecule has 324 valence electrons. The average molecular weight is 927 g/mol. The highest BCUT2D eigenvalue weighted by Gasteiger charge is 2.46. The predicted octanol–water partition coefficient (Wildman–Crippen LogP) is 6.41. The van der Waals surface area contributed by atoms with Gasteiger partial charge < -0.3 is 23.1 Å². The highest BCUT2D eigenvalue weighted by atomic mass is 35.5. The molecule has 0 radical (unpaired) electrons. The van der Waals surface area contributed by atoms with E-state index in [1.165, 1.54) is 18.2 Å². The number of hydrogen-bond donors (Lipinski definition) is 0. The molecule has 1 aliphatic carbocycles. The van der Waals surface area contributed by atoms with Crippen molar-refractivity contribution in [1.82, 2.24) is 0 Å². The Bertz CT molecular complexity index is 3180. The zero-order valence-corrected chi connectivity index (χ0v) is 37.7. The molecule has 1 unspecified atom stereocenters. The molecule has 0 amide bonds. The van der Waals surface area contributed by atoms with E-state index in [-0.39, 0.29) is 22.9 Å². The summed E-state index contributed by atoms with van der Waals surface area (Å²) in [5, 5.41) is 3.05. The molecule has 0 saturated carbocycles. The lowest BCUT2D eigenvalue weighted by Gasteiger charge is -2.28. The largest absolute Gasteiger partial charge is 0.774 e. The summed E-state index contributed by atoms with van der Waals surface area (Å²) in [7, 11) is -17.7. The third kappa shape index (κ3) is 8.77. The van der Waals surface area contributed by atoms with Crippen LogP contribution in [0, 0.1) is 0 Å². The molecule has 0 aromatic heterocycles. The Hall–Kier alpha value is -4.17. The van der Waals surface area contributed by atoms with Crippen LogP contribution in [0.1, 0.15) is 58.1 Å². The van der Waals surface area contributed by atoms with Gasteiger partial charge in [0.1, 0.15) is 20.2 Å². The smallest absolute Gasteiger partial charge is 0.210 e. The summed E-state index contributed by atoms with van der Waals surface area (Å²) in [6.45, 7) is 7.52. The molecule has 0 fully saturated rings. The molecule has 2 heterocycles. The molecule has 61 heavy (non-hydrogen) atoms. The minimum Gasteiger partial charge on any atom is -0.774 e. The second-order valence-corrected chi connectivity index (χ2v) is 23.0. The fourth-order valence-corrected chi connectivity index (χ4v) is 11.2. The minimum atomic E-state index is -4.72. The van der Waals surface area contributed by atoms with E-state index < -0.39 is 62.5 Å². The summed E-state index contributed by atoms with van der Waals surface area (Å²) in [6.07, 6.45) is 9.40. The fraction of sp³-hybridized carbons (Fsp3) is 0.302. The van der Waals surface area contributed by atoms with Gasteiger partial charge in [0.05, 0.1) is 31.9 Å². The number of benzene rings is 4. The van der Waals surface area contributed by atoms with Crippen LogP contribution in [-0.2, 0) is 51.0 Å². The van der Waals surface area contributed by atoms with Crippen LogP contribution in [0.3, 0.4) is 0 Å². The summed E-state index contributed by atoms with van der Waals surface area (Å²) in [5.41, 5.74) is 4.30. The first kappa shape index (κ1) is 44.9. The molecule has 7 rings (SSSR count).